The zero-order chi connectivity index (χ0) is 19.5. The van der Waals surface area contributed by atoms with Gasteiger partial charge < -0.3 is 9.42 Å². The Bertz CT molecular complexity index is 943. The van der Waals surface area contributed by atoms with Crippen LogP contribution in [-0.4, -0.2) is 47.0 Å². The van der Waals surface area contributed by atoms with E-state index in [-0.39, 0.29) is 5.91 Å². The highest BCUT2D eigenvalue weighted by Crippen LogP contribution is 2.21. The summed E-state index contributed by atoms with van der Waals surface area (Å²) in [6.07, 6.45) is 0. The molecular formula is C22H22ClN3O2. The number of nitrogens with zero attached hydrogens (tertiary/aromatic N) is 3. The first kappa shape index (κ1) is 18.7. The van der Waals surface area contributed by atoms with Crippen LogP contribution >= 0.6 is 11.6 Å². The first-order chi connectivity index (χ1) is 13.6. The molecule has 1 saturated heterocycles. The molecular weight excluding hydrogens is 374 g/mol. The third-order valence-electron chi connectivity index (χ3n) is 5.05. The fourth-order valence-corrected chi connectivity index (χ4v) is 3.48. The van der Waals surface area contributed by atoms with Gasteiger partial charge in [0.05, 0.1) is 0 Å². The Hall–Kier alpha value is -2.63. The molecule has 5 nitrogen and oxygen atoms in total. The van der Waals surface area contributed by atoms with Crippen LogP contribution in [0.3, 0.4) is 0 Å². The predicted octanol–water partition coefficient (Wildman–Crippen LogP) is 4.26. The van der Waals surface area contributed by atoms with Crippen LogP contribution in [0.2, 0.25) is 5.02 Å². The van der Waals surface area contributed by atoms with E-state index < -0.39 is 0 Å². The molecule has 0 saturated carbocycles. The van der Waals surface area contributed by atoms with Crippen LogP contribution in [0, 0.1) is 6.92 Å². The average Bonchev–Trinajstić information content (AvgIpc) is 3.20. The van der Waals surface area contributed by atoms with E-state index in [1.54, 1.807) is 6.07 Å². The molecule has 0 bridgehead atoms. The molecule has 0 aliphatic carbocycles. The maximum atomic E-state index is 12.8. The van der Waals surface area contributed by atoms with Crippen molar-refractivity contribution >= 4 is 17.5 Å². The van der Waals surface area contributed by atoms with E-state index in [0.717, 1.165) is 30.2 Å². The van der Waals surface area contributed by atoms with Crippen molar-refractivity contribution in [1.29, 1.82) is 0 Å². The van der Waals surface area contributed by atoms with E-state index in [4.69, 9.17) is 16.1 Å². The van der Waals surface area contributed by atoms with E-state index in [1.165, 1.54) is 11.1 Å². The monoisotopic (exact) mass is 395 g/mol. The third-order valence-corrected chi connectivity index (χ3v) is 5.30. The number of piperazine rings is 1. The predicted molar refractivity (Wildman–Crippen MR) is 109 cm³/mol. The quantitative estimate of drug-likeness (QED) is 0.662. The Morgan fingerprint density at radius 3 is 2.39 bits per heavy atom. The second-order valence-corrected chi connectivity index (χ2v) is 7.57. The first-order valence-electron chi connectivity index (χ1n) is 9.38. The van der Waals surface area contributed by atoms with Crippen LogP contribution in [0.15, 0.2) is 59.1 Å². The number of carbonyl (C=O) groups is 1. The van der Waals surface area contributed by atoms with Crippen molar-refractivity contribution < 1.29 is 9.32 Å². The molecule has 1 aromatic heterocycles. The van der Waals surface area contributed by atoms with Crippen molar-refractivity contribution in [2.75, 3.05) is 26.2 Å². The molecule has 1 amide bonds. The number of benzene rings is 2. The maximum Gasteiger partial charge on any atom is 0.292 e. The van der Waals surface area contributed by atoms with Crippen molar-refractivity contribution in [3.63, 3.8) is 0 Å². The standard InChI is InChI=1S/C22H22ClN3O2/c1-16-2-6-18(7-3-16)20-14-21(28-24-20)22(27)26-12-10-25(11-13-26)15-17-4-8-19(23)9-5-17/h2-9,14H,10-13,15H2,1H3. The van der Waals surface area contributed by atoms with Crippen LogP contribution in [0.5, 0.6) is 0 Å². The molecule has 0 N–H and O–H groups in total. The van der Waals surface area contributed by atoms with Crippen molar-refractivity contribution in [2.24, 2.45) is 0 Å². The summed E-state index contributed by atoms with van der Waals surface area (Å²) < 4.78 is 5.33. The topological polar surface area (TPSA) is 49.6 Å². The lowest BCUT2D eigenvalue weighted by atomic mass is 10.1. The molecule has 1 aliphatic heterocycles. The fraction of sp³-hybridized carbons (Fsp3) is 0.273. The van der Waals surface area contributed by atoms with Gasteiger partial charge in [0.25, 0.3) is 5.91 Å². The highest BCUT2D eigenvalue weighted by molar-refractivity contribution is 6.30. The summed E-state index contributed by atoms with van der Waals surface area (Å²) in [5.74, 6) is 0.193. The number of aromatic nitrogens is 1. The van der Waals surface area contributed by atoms with Gasteiger partial charge in [-0.15, -0.1) is 0 Å². The van der Waals surface area contributed by atoms with Gasteiger partial charge in [-0.3, -0.25) is 9.69 Å². The van der Waals surface area contributed by atoms with Gasteiger partial charge in [0, 0.05) is 49.4 Å². The van der Waals surface area contributed by atoms with Gasteiger partial charge in [0.15, 0.2) is 0 Å². The first-order valence-corrected chi connectivity index (χ1v) is 9.76. The van der Waals surface area contributed by atoms with Gasteiger partial charge in [0.1, 0.15) is 5.69 Å². The number of amides is 1. The molecule has 6 heteroatoms. The van der Waals surface area contributed by atoms with Crippen molar-refractivity contribution in [3.8, 4) is 11.3 Å². The number of hydrogen-bond acceptors (Lipinski definition) is 4. The summed E-state index contributed by atoms with van der Waals surface area (Å²) in [6, 6.07) is 17.6. The van der Waals surface area contributed by atoms with Gasteiger partial charge in [-0.05, 0) is 24.6 Å². The zero-order valence-corrected chi connectivity index (χ0v) is 16.5. The number of aryl methyl sites for hydroxylation is 1. The smallest absolute Gasteiger partial charge is 0.292 e. The van der Waals surface area contributed by atoms with Crippen LogP contribution in [-0.2, 0) is 6.54 Å². The van der Waals surface area contributed by atoms with Crippen LogP contribution in [0.25, 0.3) is 11.3 Å². The minimum absolute atomic E-state index is 0.1000. The van der Waals surface area contributed by atoms with Gasteiger partial charge in [-0.25, -0.2) is 0 Å². The van der Waals surface area contributed by atoms with Gasteiger partial charge >= 0.3 is 0 Å². The van der Waals surface area contributed by atoms with E-state index >= 15 is 0 Å². The van der Waals surface area contributed by atoms with Crippen LogP contribution in [0.4, 0.5) is 0 Å². The molecule has 3 aromatic rings. The SMILES string of the molecule is Cc1ccc(-c2cc(C(=O)N3CCN(Cc4ccc(Cl)cc4)CC3)on2)cc1. The van der Waals surface area contributed by atoms with Crippen molar-refractivity contribution in [3.05, 3.63) is 76.5 Å². The van der Waals surface area contributed by atoms with E-state index in [2.05, 4.69) is 10.1 Å². The van der Waals surface area contributed by atoms with Crippen LogP contribution < -0.4 is 0 Å². The Labute approximate surface area is 169 Å². The maximum absolute atomic E-state index is 12.8. The molecule has 4 rings (SSSR count). The molecule has 1 aliphatic rings. The molecule has 28 heavy (non-hydrogen) atoms. The zero-order valence-electron chi connectivity index (χ0n) is 15.8. The minimum Gasteiger partial charge on any atom is -0.350 e. The summed E-state index contributed by atoms with van der Waals surface area (Å²) in [6.45, 7) is 5.90. The summed E-state index contributed by atoms with van der Waals surface area (Å²) >= 11 is 5.94. The van der Waals surface area contributed by atoms with Gasteiger partial charge in [-0.2, -0.15) is 0 Å². The lowest BCUT2D eigenvalue weighted by Crippen LogP contribution is -2.48. The highest BCUT2D eigenvalue weighted by atomic mass is 35.5. The number of halogens is 1. The third kappa shape index (κ3) is 4.26. The molecule has 2 aromatic carbocycles. The van der Waals surface area contributed by atoms with E-state index in [0.29, 0.717) is 24.5 Å². The van der Waals surface area contributed by atoms with Crippen molar-refractivity contribution in [2.45, 2.75) is 13.5 Å². The summed E-state index contributed by atoms with van der Waals surface area (Å²) in [5, 5.41) is 4.81. The largest absolute Gasteiger partial charge is 0.350 e. The lowest BCUT2D eigenvalue weighted by molar-refractivity contribution is 0.0589. The Morgan fingerprint density at radius 1 is 1.04 bits per heavy atom. The minimum atomic E-state index is -0.1000. The molecule has 0 atom stereocenters. The summed E-state index contributed by atoms with van der Waals surface area (Å²) in [4.78, 5) is 16.9. The molecule has 0 spiro atoms. The number of rotatable bonds is 4. The Kier molecular flexibility index (Phi) is 5.46. The second kappa shape index (κ2) is 8.17. The van der Waals surface area contributed by atoms with Crippen molar-refractivity contribution in [1.82, 2.24) is 15.0 Å². The second-order valence-electron chi connectivity index (χ2n) is 7.14. The summed E-state index contributed by atoms with van der Waals surface area (Å²) in [7, 11) is 0. The molecule has 2 heterocycles. The molecule has 0 unspecified atom stereocenters. The molecule has 1 fully saturated rings. The molecule has 144 valence electrons. The van der Waals surface area contributed by atoms with Gasteiger partial charge in [-0.1, -0.05) is 58.7 Å². The number of hydrogen-bond donors (Lipinski definition) is 0. The van der Waals surface area contributed by atoms with Gasteiger partial charge in [0.2, 0.25) is 5.76 Å². The van der Waals surface area contributed by atoms with E-state index in [1.807, 2.05) is 60.4 Å². The Balaban J connectivity index is 1.35. The number of carbonyl (C=O) groups excluding carboxylic acids is 1. The average molecular weight is 396 g/mol. The molecule has 0 radical (unpaired) electrons. The highest BCUT2D eigenvalue weighted by Gasteiger charge is 2.25. The Morgan fingerprint density at radius 2 is 1.71 bits per heavy atom. The summed E-state index contributed by atoms with van der Waals surface area (Å²) in [5.41, 5.74) is 4.04. The van der Waals surface area contributed by atoms with Crippen LogP contribution in [0.1, 0.15) is 21.7 Å². The lowest BCUT2D eigenvalue weighted by Gasteiger charge is -2.34. The normalized spacial score (nSPS) is 15.0. The van der Waals surface area contributed by atoms with E-state index in [9.17, 15) is 4.79 Å². The fourth-order valence-electron chi connectivity index (χ4n) is 3.35.